The van der Waals surface area contributed by atoms with E-state index < -0.39 is 0 Å². The van der Waals surface area contributed by atoms with Gasteiger partial charge in [0, 0.05) is 11.8 Å². The van der Waals surface area contributed by atoms with Crippen LogP contribution in [0.3, 0.4) is 0 Å². The highest BCUT2D eigenvalue weighted by Crippen LogP contribution is 2.59. The molecule has 2 atom stereocenters. The Morgan fingerprint density at radius 3 is 1.42 bits per heavy atom. The van der Waals surface area contributed by atoms with E-state index in [0.717, 1.165) is 45.0 Å². The predicted octanol–water partition coefficient (Wildman–Crippen LogP) is 18.6. The fourth-order valence-electron chi connectivity index (χ4n) is 11.8. The molecule has 0 saturated carbocycles. The third kappa shape index (κ3) is 9.14. The molecule has 0 aromatic heterocycles. The van der Waals surface area contributed by atoms with Crippen LogP contribution in [0.2, 0.25) is 0 Å². The first kappa shape index (κ1) is 47.4. The molecule has 11 rings (SSSR count). The van der Waals surface area contributed by atoms with Crippen molar-refractivity contribution in [3.8, 4) is 56.0 Å². The number of hydrogen-bond donors (Lipinski definition) is 2. The summed E-state index contributed by atoms with van der Waals surface area (Å²) in [5.74, 6) is 0.343. The summed E-state index contributed by atoms with van der Waals surface area (Å²) < 4.78 is 0. The molecular formula is C72H56O2. The van der Waals surface area contributed by atoms with Gasteiger partial charge in [-0.05, 0) is 195 Å². The summed E-state index contributed by atoms with van der Waals surface area (Å²) in [6.45, 7) is 5.75. The molecule has 9 aromatic rings. The first-order valence-electron chi connectivity index (χ1n) is 26.2. The van der Waals surface area contributed by atoms with Crippen molar-refractivity contribution in [1.29, 1.82) is 0 Å². The molecular weight excluding hydrogens is 897 g/mol. The van der Waals surface area contributed by atoms with E-state index in [-0.39, 0.29) is 23.3 Å². The van der Waals surface area contributed by atoms with E-state index in [0.29, 0.717) is 0 Å². The van der Waals surface area contributed by atoms with Gasteiger partial charge in [-0.25, -0.2) is 0 Å². The lowest BCUT2D eigenvalue weighted by molar-refractivity contribution is 0.475. The maximum Gasteiger partial charge on any atom is 0.115 e. The highest BCUT2D eigenvalue weighted by atomic mass is 16.3. The summed E-state index contributed by atoms with van der Waals surface area (Å²) in [6.07, 6.45) is 13.5. The first-order chi connectivity index (χ1) is 36.5. The summed E-state index contributed by atoms with van der Waals surface area (Å²) in [6, 6.07) is 61.0. The minimum atomic E-state index is -0.0902. The quantitative estimate of drug-likeness (QED) is 0.0648. The summed E-state index contributed by atoms with van der Waals surface area (Å²) in [5.41, 5.74) is 41.0. The Balaban J connectivity index is 1.14. The molecule has 0 spiro atoms. The molecule has 356 valence electrons. The Bertz CT molecular complexity index is 3930. The number of phenols is 2. The zero-order chi connectivity index (χ0) is 50.4. The van der Waals surface area contributed by atoms with Crippen LogP contribution in [0.1, 0.15) is 115 Å². The van der Waals surface area contributed by atoms with Gasteiger partial charge >= 0.3 is 0 Å². The number of unbranched alkanes of at least 4 members (excludes halogenated alkanes) is 7. The monoisotopic (exact) mass is 952 g/mol. The summed E-state index contributed by atoms with van der Waals surface area (Å²) in [5, 5.41) is 26.3. The van der Waals surface area contributed by atoms with E-state index >= 15 is 0 Å². The molecule has 0 heterocycles. The second kappa shape index (κ2) is 21.4. The normalized spacial score (nSPS) is 13.4. The van der Waals surface area contributed by atoms with Gasteiger partial charge in [0.25, 0.3) is 0 Å². The number of rotatable bonds is 14. The Kier molecular flexibility index (Phi) is 13.7. The highest BCUT2D eigenvalue weighted by molar-refractivity contribution is 6.25. The van der Waals surface area contributed by atoms with Crippen molar-refractivity contribution in [2.24, 2.45) is 0 Å². The van der Waals surface area contributed by atoms with Crippen molar-refractivity contribution in [2.45, 2.75) is 76.5 Å². The van der Waals surface area contributed by atoms with E-state index in [1.54, 1.807) is 0 Å². The van der Waals surface area contributed by atoms with Crippen LogP contribution in [-0.2, 0) is 6.42 Å². The fourth-order valence-corrected chi connectivity index (χ4v) is 11.8. The Morgan fingerprint density at radius 1 is 0.446 bits per heavy atom. The van der Waals surface area contributed by atoms with E-state index in [4.69, 9.17) is 0 Å². The molecule has 2 nitrogen and oxygen atoms in total. The van der Waals surface area contributed by atoms with Gasteiger partial charge < -0.3 is 10.2 Å². The van der Waals surface area contributed by atoms with Crippen molar-refractivity contribution in [3.05, 3.63) is 267 Å². The SMILES string of the molecule is C=C=C=C=C=C=C=C=C=Cc1ccc(C2c3ccccc3-c3ccc4c(-c5ccc(O)cc5)c5c6c(ccc5c(-c5ccc(O)cc5)c4c32)-c2ccccc2C6c2ccc(CCCCCCCCCC)cc2)cc1. The Hall–Kier alpha value is -8.92. The maximum absolute atomic E-state index is 10.8. The van der Waals surface area contributed by atoms with Crippen molar-refractivity contribution < 1.29 is 10.2 Å². The molecule has 0 amide bonds. The van der Waals surface area contributed by atoms with Crippen molar-refractivity contribution in [2.75, 3.05) is 0 Å². The van der Waals surface area contributed by atoms with Crippen LogP contribution in [-0.4, -0.2) is 10.2 Å². The molecule has 0 radical (unpaired) electrons. The number of fused-ring (bicyclic) bond motifs is 10. The Labute approximate surface area is 435 Å². The van der Waals surface area contributed by atoms with Gasteiger partial charge in [0.15, 0.2) is 0 Å². The van der Waals surface area contributed by atoms with E-state index in [1.807, 2.05) is 30.3 Å². The number of phenolic OH excluding ortho intramolecular Hbond substituents is 2. The zero-order valence-corrected chi connectivity index (χ0v) is 41.9. The van der Waals surface area contributed by atoms with Gasteiger partial charge in [-0.15, -0.1) is 0 Å². The standard InChI is InChI=1S/C72H56O2/c1-3-5-7-9-11-13-15-17-23-49-29-33-51(34-30-49)65-59-27-21-19-25-57(59)61-45-47-63-68(54-39-43-56(74)44-40-54)72-64(67(71(63)69(61)65)53-37-41-55(73)42-38-53)48-46-62-58-26-20-22-28-60(58)66(70(62)72)52-35-31-50(32-36-52)24-18-16-14-12-10-8-6-4-2/h19-23,25-48,65-66,73-74H,1,4,6,8,10,12,14,16,18,24H2,2H3. The lowest BCUT2D eigenvalue weighted by atomic mass is 9.77. The van der Waals surface area contributed by atoms with Crippen molar-refractivity contribution in [3.63, 3.8) is 0 Å². The molecule has 2 unspecified atom stereocenters. The van der Waals surface area contributed by atoms with Crippen LogP contribution in [0.25, 0.3) is 72.1 Å². The van der Waals surface area contributed by atoms with E-state index in [1.165, 1.54) is 123 Å². The van der Waals surface area contributed by atoms with Gasteiger partial charge in [0.1, 0.15) is 11.5 Å². The van der Waals surface area contributed by atoms with Crippen molar-refractivity contribution >= 4 is 27.6 Å². The number of benzene rings is 9. The van der Waals surface area contributed by atoms with Crippen LogP contribution in [0.4, 0.5) is 0 Å². The highest BCUT2D eigenvalue weighted by Gasteiger charge is 2.37. The average Bonchev–Trinajstić information content (AvgIpc) is 3.96. The molecule has 2 aliphatic carbocycles. The maximum atomic E-state index is 10.8. The largest absolute Gasteiger partial charge is 0.508 e. The molecule has 0 saturated heterocycles. The average molecular weight is 953 g/mol. The number of aryl methyl sites for hydroxylation is 1. The molecule has 9 aromatic carbocycles. The molecule has 2 heteroatoms. The topological polar surface area (TPSA) is 40.5 Å². The third-order valence-electron chi connectivity index (χ3n) is 15.2. The second-order valence-electron chi connectivity index (χ2n) is 19.6. The third-order valence-corrected chi connectivity index (χ3v) is 15.2. The minimum Gasteiger partial charge on any atom is -0.508 e. The smallest absolute Gasteiger partial charge is 0.115 e. The van der Waals surface area contributed by atoms with E-state index in [9.17, 15) is 10.2 Å². The number of hydrogen-bond acceptors (Lipinski definition) is 2. The van der Waals surface area contributed by atoms with Gasteiger partial charge in [-0.1, -0.05) is 209 Å². The van der Waals surface area contributed by atoms with Crippen LogP contribution >= 0.6 is 0 Å². The molecule has 0 bridgehead atoms. The van der Waals surface area contributed by atoms with Crippen LogP contribution < -0.4 is 0 Å². The lowest BCUT2D eigenvalue weighted by Crippen LogP contribution is -2.04. The van der Waals surface area contributed by atoms with E-state index in [2.05, 4.69) is 205 Å². The minimum absolute atomic E-state index is 0.0198. The molecule has 0 fully saturated rings. The lowest BCUT2D eigenvalue weighted by Gasteiger charge is -2.26. The van der Waals surface area contributed by atoms with Gasteiger partial charge in [-0.3, -0.25) is 0 Å². The van der Waals surface area contributed by atoms with Crippen LogP contribution in [0, 0.1) is 0 Å². The molecule has 2 aliphatic rings. The van der Waals surface area contributed by atoms with Crippen LogP contribution in [0.5, 0.6) is 11.5 Å². The van der Waals surface area contributed by atoms with Gasteiger partial charge in [0.05, 0.1) is 0 Å². The molecule has 0 aliphatic heterocycles. The second-order valence-corrected chi connectivity index (χ2v) is 19.6. The summed E-state index contributed by atoms with van der Waals surface area (Å²) >= 11 is 0. The predicted molar refractivity (Wildman–Crippen MR) is 306 cm³/mol. The first-order valence-corrected chi connectivity index (χ1v) is 26.2. The van der Waals surface area contributed by atoms with Gasteiger partial charge in [0.2, 0.25) is 0 Å². The van der Waals surface area contributed by atoms with Crippen LogP contribution in [0.15, 0.2) is 222 Å². The van der Waals surface area contributed by atoms with Crippen molar-refractivity contribution in [1.82, 2.24) is 0 Å². The molecule has 74 heavy (non-hydrogen) atoms. The zero-order valence-electron chi connectivity index (χ0n) is 41.9. The molecule has 2 N–H and O–H groups in total. The summed E-state index contributed by atoms with van der Waals surface area (Å²) in [7, 11) is 0. The fraction of sp³-hybridized carbons (Fsp3) is 0.167. The van der Waals surface area contributed by atoms with Gasteiger partial charge in [-0.2, -0.15) is 0 Å². The summed E-state index contributed by atoms with van der Waals surface area (Å²) in [4.78, 5) is 0. The Morgan fingerprint density at radius 2 is 0.905 bits per heavy atom. The number of aromatic hydroxyl groups is 2.